The molecule has 1 aromatic carbocycles. The van der Waals surface area contributed by atoms with Crippen LogP contribution in [-0.2, 0) is 14.4 Å². The lowest BCUT2D eigenvalue weighted by atomic mass is 9.99. The van der Waals surface area contributed by atoms with E-state index < -0.39 is 18.3 Å². The minimum atomic E-state index is -3.54. The van der Waals surface area contributed by atoms with Crippen LogP contribution >= 0.6 is 0 Å². The standard InChI is InChI=1S/C21H31NO3SSi/c1-16-9-11-19(12-10-16)26(23,24)22-13-7-8-17-14-18(15-20(17)22)25-27(5,6)21(2,3)4/h9-12,14-15,17H,7-8,13H2,1-6H3/t17-/m1/s1. The predicted octanol–water partition coefficient (Wildman–Crippen LogP) is 5.20. The van der Waals surface area contributed by atoms with Gasteiger partial charge in [-0.05, 0) is 62.2 Å². The van der Waals surface area contributed by atoms with Crippen molar-refractivity contribution in [3.8, 4) is 0 Å². The van der Waals surface area contributed by atoms with Crippen molar-refractivity contribution in [2.75, 3.05) is 6.54 Å². The molecule has 1 fully saturated rings. The van der Waals surface area contributed by atoms with Crippen LogP contribution in [0.1, 0.15) is 39.2 Å². The first-order chi connectivity index (χ1) is 12.4. The van der Waals surface area contributed by atoms with E-state index in [4.69, 9.17) is 4.43 Å². The molecule has 2 aliphatic rings. The summed E-state index contributed by atoms with van der Waals surface area (Å²) in [6.45, 7) is 13.6. The van der Waals surface area contributed by atoms with Gasteiger partial charge in [0, 0.05) is 18.2 Å². The molecule has 1 aromatic rings. The van der Waals surface area contributed by atoms with Crippen molar-refractivity contribution in [2.45, 2.75) is 63.6 Å². The van der Waals surface area contributed by atoms with Crippen molar-refractivity contribution in [1.82, 2.24) is 4.31 Å². The zero-order valence-electron chi connectivity index (χ0n) is 17.2. The summed E-state index contributed by atoms with van der Waals surface area (Å²) in [5.74, 6) is 0.964. The Morgan fingerprint density at radius 2 is 1.78 bits per heavy atom. The molecule has 1 heterocycles. The maximum Gasteiger partial charge on any atom is 0.264 e. The molecule has 148 valence electrons. The van der Waals surface area contributed by atoms with Gasteiger partial charge in [-0.25, -0.2) is 8.42 Å². The minimum Gasteiger partial charge on any atom is -0.544 e. The summed E-state index contributed by atoms with van der Waals surface area (Å²) < 4.78 is 34.5. The van der Waals surface area contributed by atoms with E-state index in [0.717, 1.165) is 29.9 Å². The Labute approximate surface area is 165 Å². The summed E-state index contributed by atoms with van der Waals surface area (Å²) in [4.78, 5) is 0.355. The molecule has 6 heteroatoms. The third-order valence-corrected chi connectivity index (χ3v) is 12.2. The summed E-state index contributed by atoms with van der Waals surface area (Å²) in [5.41, 5.74) is 1.91. The van der Waals surface area contributed by atoms with Crippen molar-refractivity contribution < 1.29 is 12.8 Å². The number of fused-ring (bicyclic) bond motifs is 1. The largest absolute Gasteiger partial charge is 0.544 e. The molecule has 1 atom stereocenters. The van der Waals surface area contributed by atoms with Gasteiger partial charge in [0.15, 0.2) is 0 Å². The normalized spacial score (nSPS) is 20.8. The van der Waals surface area contributed by atoms with Gasteiger partial charge in [-0.15, -0.1) is 0 Å². The third-order valence-electron chi connectivity index (χ3n) is 5.99. The lowest BCUT2D eigenvalue weighted by molar-refractivity contribution is 0.372. The molecule has 0 saturated carbocycles. The molecule has 0 amide bonds. The molecular formula is C21H31NO3SSi. The maximum atomic E-state index is 13.2. The molecule has 0 radical (unpaired) electrons. The number of nitrogens with zero attached hydrogens (tertiary/aromatic N) is 1. The van der Waals surface area contributed by atoms with Crippen LogP contribution in [0.5, 0.6) is 0 Å². The van der Waals surface area contributed by atoms with Gasteiger partial charge in [0.2, 0.25) is 8.32 Å². The van der Waals surface area contributed by atoms with Crippen LogP contribution < -0.4 is 0 Å². The van der Waals surface area contributed by atoms with Crippen molar-refractivity contribution in [3.05, 3.63) is 53.4 Å². The predicted molar refractivity (Wildman–Crippen MR) is 112 cm³/mol. The Morgan fingerprint density at radius 3 is 2.37 bits per heavy atom. The van der Waals surface area contributed by atoms with Crippen molar-refractivity contribution in [1.29, 1.82) is 0 Å². The second-order valence-electron chi connectivity index (χ2n) is 9.14. The number of hydrogen-bond donors (Lipinski definition) is 0. The Kier molecular flexibility index (Phi) is 5.10. The quantitative estimate of drug-likeness (QED) is 0.647. The zero-order valence-corrected chi connectivity index (χ0v) is 19.1. The van der Waals surface area contributed by atoms with E-state index in [2.05, 4.69) is 39.9 Å². The maximum absolute atomic E-state index is 13.2. The van der Waals surface area contributed by atoms with Crippen LogP contribution in [0.15, 0.2) is 52.8 Å². The Bertz CT molecular complexity index is 877. The number of hydrogen-bond acceptors (Lipinski definition) is 3. The second-order valence-corrected chi connectivity index (χ2v) is 15.7. The molecule has 0 spiro atoms. The minimum absolute atomic E-state index is 0.105. The lowest BCUT2D eigenvalue weighted by Crippen LogP contribution is -2.40. The fourth-order valence-corrected chi connectivity index (χ4v) is 5.86. The van der Waals surface area contributed by atoms with Gasteiger partial charge < -0.3 is 4.43 Å². The van der Waals surface area contributed by atoms with Gasteiger partial charge in [0.05, 0.1) is 4.90 Å². The van der Waals surface area contributed by atoms with Crippen LogP contribution in [-0.4, -0.2) is 27.6 Å². The highest BCUT2D eigenvalue weighted by Crippen LogP contribution is 2.42. The van der Waals surface area contributed by atoms with Crippen LogP contribution in [0.25, 0.3) is 0 Å². The smallest absolute Gasteiger partial charge is 0.264 e. The van der Waals surface area contributed by atoms with E-state index in [1.807, 2.05) is 25.1 Å². The topological polar surface area (TPSA) is 46.6 Å². The molecule has 1 saturated heterocycles. The number of benzene rings is 1. The van der Waals surface area contributed by atoms with Crippen molar-refractivity contribution in [3.63, 3.8) is 0 Å². The molecule has 4 nitrogen and oxygen atoms in total. The average molecular weight is 406 g/mol. The van der Waals surface area contributed by atoms with E-state index in [9.17, 15) is 8.42 Å². The van der Waals surface area contributed by atoms with Crippen molar-refractivity contribution >= 4 is 18.3 Å². The van der Waals surface area contributed by atoms with E-state index in [-0.39, 0.29) is 11.0 Å². The number of sulfonamides is 1. The molecule has 3 rings (SSSR count). The first-order valence-electron chi connectivity index (χ1n) is 9.64. The van der Waals surface area contributed by atoms with Crippen LogP contribution in [0.4, 0.5) is 0 Å². The molecule has 0 aromatic heterocycles. The Morgan fingerprint density at radius 1 is 1.15 bits per heavy atom. The van der Waals surface area contributed by atoms with Gasteiger partial charge >= 0.3 is 0 Å². The summed E-state index contributed by atoms with van der Waals surface area (Å²) in [6, 6.07) is 7.09. The van der Waals surface area contributed by atoms with Gasteiger partial charge in [-0.3, -0.25) is 4.31 Å². The molecule has 1 aliphatic carbocycles. The highest BCUT2D eigenvalue weighted by atomic mass is 32.2. The first kappa shape index (κ1) is 20.2. The summed E-state index contributed by atoms with van der Waals surface area (Å²) in [6.07, 6.45) is 5.90. The van der Waals surface area contributed by atoms with Gasteiger partial charge in [0.1, 0.15) is 5.76 Å². The Hall–Kier alpha value is -1.53. The fraction of sp³-hybridized carbons (Fsp3) is 0.524. The number of piperidine rings is 1. The van der Waals surface area contributed by atoms with Crippen LogP contribution in [0.3, 0.4) is 0 Å². The van der Waals surface area contributed by atoms with Crippen LogP contribution in [0, 0.1) is 12.8 Å². The molecule has 0 N–H and O–H groups in total. The number of aryl methyl sites for hydroxylation is 1. The highest BCUT2D eigenvalue weighted by Gasteiger charge is 2.41. The fourth-order valence-electron chi connectivity index (χ4n) is 3.26. The molecule has 0 bridgehead atoms. The first-order valence-corrected chi connectivity index (χ1v) is 14.0. The molecule has 0 unspecified atom stereocenters. The van der Waals surface area contributed by atoms with E-state index in [0.29, 0.717) is 11.4 Å². The second kappa shape index (κ2) is 6.81. The van der Waals surface area contributed by atoms with E-state index >= 15 is 0 Å². The lowest BCUT2D eigenvalue weighted by Gasteiger charge is -2.36. The molecule has 27 heavy (non-hydrogen) atoms. The summed E-state index contributed by atoms with van der Waals surface area (Å²) in [5, 5.41) is 0.105. The zero-order chi connectivity index (χ0) is 20.0. The summed E-state index contributed by atoms with van der Waals surface area (Å²) >= 11 is 0. The van der Waals surface area contributed by atoms with Crippen molar-refractivity contribution in [2.24, 2.45) is 5.92 Å². The van der Waals surface area contributed by atoms with Gasteiger partial charge in [-0.2, -0.15) is 0 Å². The molecular weight excluding hydrogens is 374 g/mol. The molecule has 1 aliphatic heterocycles. The number of allylic oxidation sites excluding steroid dienone is 2. The van der Waals surface area contributed by atoms with Gasteiger partial charge in [-0.1, -0.05) is 38.5 Å². The average Bonchev–Trinajstić information content (AvgIpc) is 2.95. The number of rotatable bonds is 4. The van der Waals surface area contributed by atoms with Crippen LogP contribution in [0.2, 0.25) is 18.1 Å². The monoisotopic (exact) mass is 405 g/mol. The highest BCUT2D eigenvalue weighted by molar-refractivity contribution is 7.89. The van der Waals surface area contributed by atoms with Gasteiger partial charge in [0.25, 0.3) is 10.0 Å². The third kappa shape index (κ3) is 3.87. The van der Waals surface area contributed by atoms with E-state index in [1.165, 1.54) is 0 Å². The summed E-state index contributed by atoms with van der Waals surface area (Å²) in [7, 11) is -5.49. The Balaban J connectivity index is 1.89. The van der Waals surface area contributed by atoms with E-state index in [1.54, 1.807) is 16.4 Å². The SMILES string of the molecule is Cc1ccc(S(=O)(=O)N2CCC[C@@H]3C=C(O[Si](C)(C)C(C)(C)C)C=C32)cc1.